The number of nitrogens with zero attached hydrogens (tertiary/aromatic N) is 3. The molecule has 4 amide bonds. The number of carbonyl (C=O) groups is 3. The van der Waals surface area contributed by atoms with Crippen LogP contribution in [0.25, 0.3) is 16.7 Å². The molecule has 0 atom stereocenters. The van der Waals surface area contributed by atoms with Gasteiger partial charge in [-0.1, -0.05) is 37.5 Å². The third-order valence-electron chi connectivity index (χ3n) is 6.18. The van der Waals surface area contributed by atoms with Crippen LogP contribution in [0.3, 0.4) is 0 Å². The number of para-hydroxylation sites is 1. The monoisotopic (exact) mass is 417 g/mol. The van der Waals surface area contributed by atoms with E-state index < -0.39 is 17.5 Å². The zero-order chi connectivity index (χ0) is 21.6. The van der Waals surface area contributed by atoms with Crippen molar-refractivity contribution >= 4 is 28.9 Å². The van der Waals surface area contributed by atoms with Crippen molar-refractivity contribution in [2.45, 2.75) is 44.6 Å². The Balaban J connectivity index is 1.41. The molecule has 2 fully saturated rings. The van der Waals surface area contributed by atoms with E-state index in [1.54, 1.807) is 12.1 Å². The van der Waals surface area contributed by atoms with E-state index in [4.69, 9.17) is 0 Å². The summed E-state index contributed by atoms with van der Waals surface area (Å²) in [6.07, 6.45) is 4.02. The van der Waals surface area contributed by atoms with Gasteiger partial charge in [0.2, 0.25) is 0 Å². The van der Waals surface area contributed by atoms with Crippen LogP contribution in [-0.4, -0.2) is 37.9 Å². The van der Waals surface area contributed by atoms with Crippen LogP contribution in [0.5, 0.6) is 0 Å². The summed E-state index contributed by atoms with van der Waals surface area (Å²) < 4.78 is 2.02. The number of aromatic nitrogens is 2. The molecule has 5 rings (SSSR count). The van der Waals surface area contributed by atoms with Gasteiger partial charge in [-0.3, -0.25) is 19.6 Å². The van der Waals surface area contributed by atoms with E-state index in [0.717, 1.165) is 41.3 Å². The van der Waals surface area contributed by atoms with Crippen molar-refractivity contribution in [1.82, 2.24) is 25.3 Å². The Morgan fingerprint density at radius 2 is 1.81 bits per heavy atom. The van der Waals surface area contributed by atoms with Gasteiger partial charge in [0.25, 0.3) is 11.8 Å². The normalized spacial score (nSPS) is 17.9. The van der Waals surface area contributed by atoms with Gasteiger partial charge in [0, 0.05) is 11.3 Å². The summed E-state index contributed by atoms with van der Waals surface area (Å²) >= 11 is 0. The van der Waals surface area contributed by atoms with E-state index in [0.29, 0.717) is 23.9 Å². The molecule has 8 heteroatoms. The number of rotatable bonds is 3. The van der Waals surface area contributed by atoms with Crippen LogP contribution < -0.4 is 10.7 Å². The maximum absolute atomic E-state index is 12.9. The third-order valence-corrected chi connectivity index (χ3v) is 6.18. The molecule has 1 aliphatic heterocycles. The quantitative estimate of drug-likeness (QED) is 0.640. The van der Waals surface area contributed by atoms with E-state index in [1.165, 1.54) is 0 Å². The second-order valence-electron chi connectivity index (χ2n) is 8.19. The van der Waals surface area contributed by atoms with Gasteiger partial charge in [-0.2, -0.15) is 5.01 Å². The first kappa shape index (κ1) is 19.3. The fraction of sp³-hybridized carbons (Fsp3) is 0.304. The summed E-state index contributed by atoms with van der Waals surface area (Å²) in [5.74, 6) is -0.104. The molecule has 3 aromatic rings. The van der Waals surface area contributed by atoms with Gasteiger partial charge >= 0.3 is 6.03 Å². The van der Waals surface area contributed by atoms with E-state index in [2.05, 4.69) is 15.7 Å². The molecule has 0 bridgehead atoms. The van der Waals surface area contributed by atoms with Gasteiger partial charge in [-0.25, -0.2) is 9.78 Å². The summed E-state index contributed by atoms with van der Waals surface area (Å²) in [5, 5.41) is 3.62. The third kappa shape index (κ3) is 3.15. The molecule has 1 aromatic heterocycles. The first-order valence-corrected chi connectivity index (χ1v) is 10.5. The summed E-state index contributed by atoms with van der Waals surface area (Å²) in [6, 6.07) is 14.4. The van der Waals surface area contributed by atoms with Crippen LogP contribution in [0.15, 0.2) is 48.5 Å². The fourth-order valence-corrected chi connectivity index (χ4v) is 4.63. The van der Waals surface area contributed by atoms with Crippen molar-refractivity contribution in [2.75, 3.05) is 0 Å². The Morgan fingerprint density at radius 1 is 1.06 bits per heavy atom. The maximum Gasteiger partial charge on any atom is 0.344 e. The predicted octanol–water partition coefficient (Wildman–Crippen LogP) is 3.23. The maximum atomic E-state index is 12.9. The van der Waals surface area contributed by atoms with E-state index in [-0.39, 0.29) is 5.91 Å². The van der Waals surface area contributed by atoms with Crippen molar-refractivity contribution in [3.8, 4) is 5.69 Å². The topological polar surface area (TPSA) is 96.3 Å². The lowest BCUT2D eigenvalue weighted by atomic mass is 9.82. The molecule has 0 radical (unpaired) electrons. The Kier molecular flexibility index (Phi) is 4.50. The smallest absolute Gasteiger partial charge is 0.322 e. The van der Waals surface area contributed by atoms with Gasteiger partial charge in [-0.05, 0) is 50.1 Å². The fourth-order valence-electron chi connectivity index (χ4n) is 4.63. The van der Waals surface area contributed by atoms with Crippen molar-refractivity contribution in [1.29, 1.82) is 0 Å². The number of amides is 4. The van der Waals surface area contributed by atoms with Gasteiger partial charge < -0.3 is 5.32 Å². The number of hydrogen-bond donors (Lipinski definition) is 2. The molecule has 2 aliphatic rings. The molecule has 2 N–H and O–H groups in total. The Hall–Kier alpha value is -3.68. The second-order valence-corrected chi connectivity index (χ2v) is 8.19. The van der Waals surface area contributed by atoms with E-state index >= 15 is 0 Å². The number of fused-ring (bicyclic) bond motifs is 1. The number of urea groups is 1. The second kappa shape index (κ2) is 7.23. The molecule has 1 saturated carbocycles. The van der Waals surface area contributed by atoms with Crippen molar-refractivity contribution in [3.63, 3.8) is 0 Å². The van der Waals surface area contributed by atoms with Crippen LogP contribution in [-0.2, 0) is 4.79 Å². The lowest BCUT2D eigenvalue weighted by Crippen LogP contribution is -2.50. The van der Waals surface area contributed by atoms with E-state index in [9.17, 15) is 14.4 Å². The largest absolute Gasteiger partial charge is 0.344 e. The highest BCUT2D eigenvalue weighted by Gasteiger charge is 2.52. The molecule has 1 saturated heterocycles. The summed E-state index contributed by atoms with van der Waals surface area (Å²) in [6.45, 7) is 1.91. The minimum atomic E-state index is -0.877. The van der Waals surface area contributed by atoms with E-state index in [1.807, 2.05) is 47.9 Å². The zero-order valence-electron chi connectivity index (χ0n) is 17.2. The number of carbonyl (C=O) groups excluding carboxylic acids is 3. The highest BCUT2D eigenvalue weighted by Crippen LogP contribution is 2.33. The number of imidazole rings is 1. The lowest BCUT2D eigenvalue weighted by Gasteiger charge is -2.30. The van der Waals surface area contributed by atoms with Crippen LogP contribution in [0.2, 0.25) is 0 Å². The molecule has 0 unspecified atom stereocenters. The number of hydrogen-bond acceptors (Lipinski definition) is 4. The molecule has 31 heavy (non-hydrogen) atoms. The zero-order valence-corrected chi connectivity index (χ0v) is 17.2. The molecule has 2 aromatic carbocycles. The molecular formula is C23H23N5O3. The standard InChI is InChI=1S/C23H23N5O3/c1-15-24-18-14-16(10-11-19(18)27(15)17-8-4-2-5-9-17)20(29)26-28-21(30)23(25-22(28)31)12-6-3-7-13-23/h2,4-5,8-11,14H,3,6-7,12-13H2,1H3,(H,25,31)(H,26,29). The number of imide groups is 1. The molecule has 8 nitrogen and oxygen atoms in total. The number of hydrazine groups is 1. The molecule has 1 aliphatic carbocycles. The number of benzene rings is 2. The average molecular weight is 417 g/mol. The van der Waals surface area contributed by atoms with Gasteiger partial charge in [0.15, 0.2) is 0 Å². The average Bonchev–Trinajstić information content (AvgIpc) is 3.22. The summed E-state index contributed by atoms with van der Waals surface area (Å²) in [5.41, 5.74) is 4.45. The molecule has 2 heterocycles. The minimum Gasteiger partial charge on any atom is -0.322 e. The first-order valence-electron chi connectivity index (χ1n) is 10.5. The highest BCUT2D eigenvalue weighted by molar-refractivity contribution is 6.09. The Morgan fingerprint density at radius 3 is 2.55 bits per heavy atom. The first-order chi connectivity index (χ1) is 15.0. The van der Waals surface area contributed by atoms with Crippen LogP contribution in [0.1, 0.15) is 48.3 Å². The highest BCUT2D eigenvalue weighted by atomic mass is 16.2. The van der Waals surface area contributed by atoms with Crippen molar-refractivity contribution < 1.29 is 14.4 Å². The van der Waals surface area contributed by atoms with Gasteiger partial charge in [-0.15, -0.1) is 0 Å². The molecular weight excluding hydrogens is 394 g/mol. The number of nitrogens with one attached hydrogen (secondary N) is 2. The lowest BCUT2D eigenvalue weighted by molar-refractivity contribution is -0.134. The van der Waals surface area contributed by atoms with Gasteiger partial charge in [0.05, 0.1) is 11.0 Å². The summed E-state index contributed by atoms with van der Waals surface area (Å²) in [7, 11) is 0. The van der Waals surface area contributed by atoms with Crippen LogP contribution in [0.4, 0.5) is 4.79 Å². The Bertz CT molecular complexity index is 1190. The van der Waals surface area contributed by atoms with Crippen molar-refractivity contribution in [2.24, 2.45) is 0 Å². The van der Waals surface area contributed by atoms with Gasteiger partial charge in [0.1, 0.15) is 11.4 Å². The summed E-state index contributed by atoms with van der Waals surface area (Å²) in [4.78, 5) is 42.7. The molecule has 1 spiro atoms. The van der Waals surface area contributed by atoms with Crippen molar-refractivity contribution in [3.05, 3.63) is 59.9 Å². The minimum absolute atomic E-state index is 0.329. The Labute approximate surface area is 179 Å². The van der Waals surface area contributed by atoms with Crippen LogP contribution >= 0.6 is 0 Å². The number of aryl methyl sites for hydroxylation is 1. The molecule has 158 valence electrons. The predicted molar refractivity (Wildman–Crippen MR) is 114 cm³/mol. The van der Waals surface area contributed by atoms with Crippen LogP contribution in [0, 0.1) is 6.92 Å². The SMILES string of the molecule is Cc1nc2cc(C(=O)NN3C(=O)NC4(CCCCC4)C3=O)ccc2n1-c1ccccc1.